The lowest BCUT2D eigenvalue weighted by atomic mass is 10.0. The number of allylic oxidation sites excluding steroid dienone is 11. The van der Waals surface area contributed by atoms with Crippen LogP contribution in [0.5, 0.6) is 0 Å². The second-order valence-electron chi connectivity index (χ2n) is 26.4. The topological polar surface area (TPSA) is 69.6 Å². The van der Waals surface area contributed by atoms with Gasteiger partial charge in [0, 0.05) is 6.42 Å². The van der Waals surface area contributed by atoms with Gasteiger partial charge in [-0.1, -0.05) is 421 Å². The van der Waals surface area contributed by atoms with Crippen LogP contribution in [-0.2, 0) is 4.79 Å². The molecule has 0 aromatic heterocycles. The molecule has 0 aliphatic carbocycles. The molecule has 0 heterocycles. The summed E-state index contributed by atoms with van der Waals surface area (Å²) in [4.78, 5) is 12.6. The highest BCUT2D eigenvalue weighted by molar-refractivity contribution is 5.76. The molecule has 1 amide bonds. The summed E-state index contributed by atoms with van der Waals surface area (Å²) in [6.45, 7) is 4.24. The van der Waals surface area contributed by atoms with E-state index in [2.05, 4.69) is 79.9 Å². The highest BCUT2D eigenvalue weighted by Gasteiger charge is 2.18. The molecule has 0 aliphatic rings. The quantitative estimate of drug-likeness (QED) is 0.0420. The van der Waals surface area contributed by atoms with Crippen LogP contribution in [-0.4, -0.2) is 34.9 Å². The number of amides is 1. The molecule has 3 N–H and O–H groups in total. The van der Waals surface area contributed by atoms with Crippen LogP contribution in [0.4, 0.5) is 0 Å². The van der Waals surface area contributed by atoms with Crippen molar-refractivity contribution in [1.82, 2.24) is 5.32 Å². The summed E-state index contributed by atoms with van der Waals surface area (Å²) in [5.74, 6) is -0.0557. The third-order valence-electron chi connectivity index (χ3n) is 17.9. The van der Waals surface area contributed by atoms with Gasteiger partial charge in [-0.15, -0.1) is 0 Å². The molecule has 0 rings (SSSR count). The predicted molar refractivity (Wildman–Crippen MR) is 382 cm³/mol. The number of aliphatic hydroxyl groups is 2. The van der Waals surface area contributed by atoms with Gasteiger partial charge in [0.05, 0.1) is 18.8 Å². The molecule has 4 heteroatoms. The lowest BCUT2D eigenvalue weighted by Gasteiger charge is -2.20. The van der Waals surface area contributed by atoms with Gasteiger partial charge in [0.25, 0.3) is 0 Å². The van der Waals surface area contributed by atoms with Crippen molar-refractivity contribution >= 4 is 5.91 Å². The highest BCUT2D eigenvalue weighted by atomic mass is 16.3. The molecule has 85 heavy (non-hydrogen) atoms. The molecule has 0 aromatic rings. The van der Waals surface area contributed by atoms with Gasteiger partial charge >= 0.3 is 0 Å². The Labute approximate surface area is 533 Å². The van der Waals surface area contributed by atoms with Crippen LogP contribution in [0.1, 0.15) is 418 Å². The summed E-state index contributed by atoms with van der Waals surface area (Å²) < 4.78 is 0. The maximum absolute atomic E-state index is 12.6. The van der Waals surface area contributed by atoms with E-state index < -0.39 is 12.1 Å². The molecule has 0 bridgehead atoms. The SMILES string of the molecule is CC/C=C\C/C=C\C/C=C\C/C=C\C/C=C\CCCCCCCCCCCCCCCCCCCCCCCCCCCC(=O)NC(CO)C(O)/C=C/CCCCCCCCCCCCCCCCCCCCCCCCCCCCCCCC. The highest BCUT2D eigenvalue weighted by Crippen LogP contribution is 2.20. The first-order valence-electron chi connectivity index (χ1n) is 38.7. The Kier molecular flexibility index (Phi) is 74.1. The van der Waals surface area contributed by atoms with Gasteiger partial charge in [-0.3, -0.25) is 4.79 Å². The summed E-state index contributed by atoms with van der Waals surface area (Å²) in [5.41, 5.74) is 0. The molecule has 2 unspecified atom stereocenters. The van der Waals surface area contributed by atoms with E-state index in [1.54, 1.807) is 6.08 Å². The second-order valence-corrected chi connectivity index (χ2v) is 26.4. The van der Waals surface area contributed by atoms with Gasteiger partial charge in [0.2, 0.25) is 5.91 Å². The van der Waals surface area contributed by atoms with E-state index >= 15 is 0 Å². The monoisotopic (exact) mass is 1190 g/mol. The van der Waals surface area contributed by atoms with Crippen molar-refractivity contribution in [1.29, 1.82) is 0 Å². The fourth-order valence-electron chi connectivity index (χ4n) is 12.2. The Bertz CT molecular complexity index is 1440. The summed E-state index contributed by atoms with van der Waals surface area (Å²) >= 11 is 0. The van der Waals surface area contributed by atoms with E-state index in [1.807, 2.05) is 6.08 Å². The Hall–Kier alpha value is -2.17. The number of aliphatic hydroxyl groups excluding tert-OH is 2. The van der Waals surface area contributed by atoms with Gasteiger partial charge in [-0.25, -0.2) is 0 Å². The number of hydrogen-bond donors (Lipinski definition) is 3. The van der Waals surface area contributed by atoms with Crippen LogP contribution in [0.3, 0.4) is 0 Å². The third kappa shape index (κ3) is 72.5. The average Bonchev–Trinajstić information content (AvgIpc) is 3.51. The number of carbonyl (C=O) groups is 1. The van der Waals surface area contributed by atoms with Crippen molar-refractivity contribution in [3.8, 4) is 0 Å². The van der Waals surface area contributed by atoms with Crippen LogP contribution >= 0.6 is 0 Å². The van der Waals surface area contributed by atoms with Crippen LogP contribution in [0.25, 0.3) is 0 Å². The third-order valence-corrected chi connectivity index (χ3v) is 17.9. The molecule has 0 radical (unpaired) electrons. The van der Waals surface area contributed by atoms with Gasteiger partial charge in [0.1, 0.15) is 0 Å². The first-order chi connectivity index (χ1) is 42.2. The maximum Gasteiger partial charge on any atom is 0.220 e. The van der Waals surface area contributed by atoms with Crippen molar-refractivity contribution in [3.63, 3.8) is 0 Å². The first-order valence-corrected chi connectivity index (χ1v) is 38.7. The Morgan fingerprint density at radius 3 is 0.776 bits per heavy atom. The number of unbranched alkanes of at least 4 members (excludes halogenated alkanes) is 55. The summed E-state index contributed by atoms with van der Waals surface area (Å²) in [5, 5.41) is 23.4. The normalized spacial score (nSPS) is 13.0. The van der Waals surface area contributed by atoms with Gasteiger partial charge in [-0.05, 0) is 64.2 Å². The zero-order chi connectivity index (χ0) is 61.2. The molecule has 0 spiro atoms. The maximum atomic E-state index is 12.6. The zero-order valence-corrected chi connectivity index (χ0v) is 57.6. The van der Waals surface area contributed by atoms with Crippen molar-refractivity contribution in [2.24, 2.45) is 0 Å². The minimum Gasteiger partial charge on any atom is -0.394 e. The average molecular weight is 1190 g/mol. The lowest BCUT2D eigenvalue weighted by Crippen LogP contribution is -2.45. The van der Waals surface area contributed by atoms with E-state index in [1.165, 1.54) is 340 Å². The fourth-order valence-corrected chi connectivity index (χ4v) is 12.2. The number of hydrogen-bond acceptors (Lipinski definition) is 3. The van der Waals surface area contributed by atoms with Crippen molar-refractivity contribution in [2.75, 3.05) is 6.61 Å². The van der Waals surface area contributed by atoms with E-state index in [4.69, 9.17) is 0 Å². The molecule has 4 nitrogen and oxygen atoms in total. The van der Waals surface area contributed by atoms with Crippen molar-refractivity contribution in [2.45, 2.75) is 431 Å². The van der Waals surface area contributed by atoms with Crippen LogP contribution in [0, 0.1) is 0 Å². The minimum atomic E-state index is -0.842. The largest absolute Gasteiger partial charge is 0.394 e. The van der Waals surface area contributed by atoms with Crippen molar-refractivity contribution < 1.29 is 15.0 Å². The van der Waals surface area contributed by atoms with Crippen LogP contribution in [0.15, 0.2) is 72.9 Å². The molecular formula is C81H151NO3. The predicted octanol–water partition coefficient (Wildman–Crippen LogP) is 26.8. The minimum absolute atomic E-state index is 0.0557. The Morgan fingerprint density at radius 1 is 0.294 bits per heavy atom. The van der Waals surface area contributed by atoms with E-state index in [0.717, 1.165) is 57.8 Å². The number of rotatable bonds is 72. The summed E-state index contributed by atoms with van der Waals surface area (Å²) in [6, 6.07) is -0.624. The first kappa shape index (κ1) is 82.8. The summed E-state index contributed by atoms with van der Waals surface area (Å²) in [6.07, 6.45) is 110. The molecule has 498 valence electrons. The molecular weight excluding hydrogens is 1030 g/mol. The Morgan fingerprint density at radius 2 is 0.518 bits per heavy atom. The van der Waals surface area contributed by atoms with E-state index in [-0.39, 0.29) is 12.5 Å². The number of nitrogens with one attached hydrogen (secondary N) is 1. The van der Waals surface area contributed by atoms with E-state index in [9.17, 15) is 15.0 Å². The molecule has 0 fully saturated rings. The van der Waals surface area contributed by atoms with Crippen molar-refractivity contribution in [3.05, 3.63) is 72.9 Å². The second kappa shape index (κ2) is 76.1. The fraction of sp³-hybridized carbons (Fsp3) is 0.840. The molecule has 0 saturated heterocycles. The van der Waals surface area contributed by atoms with Gasteiger partial charge < -0.3 is 15.5 Å². The number of carbonyl (C=O) groups excluding carboxylic acids is 1. The lowest BCUT2D eigenvalue weighted by molar-refractivity contribution is -0.123. The molecule has 0 aromatic carbocycles. The molecule has 0 saturated carbocycles. The standard InChI is InChI=1S/C81H151NO3/c1-3-5-7-9-11-13-15-17-19-21-23-25-27-29-31-33-35-37-38-39-40-41-42-43-44-45-47-49-51-53-55-57-59-61-63-65-67-69-71-73-75-77-81(85)82-79(78-83)80(84)76-74-72-70-68-66-64-62-60-58-56-54-52-50-48-46-36-34-32-30-28-26-24-22-20-18-16-14-12-10-8-6-4-2/h5,7,11,13,17,19,23,25,29,31,74,76,79-80,83-84H,3-4,6,8-10,12,14-16,18,20-22,24,26-28,30,32-73,75,77-78H2,1-2H3,(H,82,85)/b7-5-,13-11-,19-17-,25-23-,31-29-,76-74+. The Balaban J connectivity index is 3.40. The van der Waals surface area contributed by atoms with Crippen LogP contribution in [0.2, 0.25) is 0 Å². The summed E-state index contributed by atoms with van der Waals surface area (Å²) in [7, 11) is 0. The zero-order valence-electron chi connectivity index (χ0n) is 57.6. The smallest absolute Gasteiger partial charge is 0.220 e. The molecule has 2 atom stereocenters. The molecule has 0 aliphatic heterocycles. The van der Waals surface area contributed by atoms with E-state index in [0.29, 0.717) is 6.42 Å². The van der Waals surface area contributed by atoms with Gasteiger partial charge in [-0.2, -0.15) is 0 Å². The van der Waals surface area contributed by atoms with Gasteiger partial charge in [0.15, 0.2) is 0 Å². The van der Waals surface area contributed by atoms with Crippen LogP contribution < -0.4 is 5.32 Å².